The van der Waals surface area contributed by atoms with E-state index in [0.717, 1.165) is 49.8 Å². The zero-order chi connectivity index (χ0) is 20.9. The minimum atomic E-state index is -0.655. The Labute approximate surface area is 173 Å². The Balaban J connectivity index is 1.38. The molecule has 0 bridgehead atoms. The number of carbonyl (C=O) groups is 2. The third kappa shape index (κ3) is 5.28. The number of carbonyl (C=O) groups excluding carboxylic acids is 2. The minimum Gasteiger partial charge on any atom is -0.496 e. The topological polar surface area (TPSA) is 96.7 Å². The van der Waals surface area contributed by atoms with E-state index >= 15 is 0 Å². The number of rotatable bonds is 9. The van der Waals surface area contributed by atoms with Crippen LogP contribution in [0.15, 0.2) is 24.3 Å². The minimum absolute atomic E-state index is 0.0327. The lowest BCUT2D eigenvalue weighted by Crippen LogP contribution is -2.59. The van der Waals surface area contributed by atoms with Crippen molar-refractivity contribution in [3.05, 3.63) is 29.8 Å². The second-order valence-corrected chi connectivity index (χ2v) is 8.39. The Kier molecular flexibility index (Phi) is 7.14. The van der Waals surface area contributed by atoms with Crippen molar-refractivity contribution in [1.29, 1.82) is 0 Å². The first kappa shape index (κ1) is 21.6. The molecule has 2 atom stereocenters. The van der Waals surface area contributed by atoms with Crippen LogP contribution < -0.4 is 21.1 Å². The summed E-state index contributed by atoms with van der Waals surface area (Å²) in [5.41, 5.74) is 6.52. The molecule has 7 heteroatoms. The quantitative estimate of drug-likeness (QED) is 0.577. The molecule has 2 fully saturated rings. The van der Waals surface area contributed by atoms with Crippen molar-refractivity contribution in [3.63, 3.8) is 0 Å². The van der Waals surface area contributed by atoms with Gasteiger partial charge >= 0.3 is 0 Å². The van der Waals surface area contributed by atoms with Gasteiger partial charge in [0.2, 0.25) is 11.8 Å². The monoisotopic (exact) mass is 402 g/mol. The van der Waals surface area contributed by atoms with Gasteiger partial charge in [0.05, 0.1) is 12.6 Å². The molecule has 29 heavy (non-hydrogen) atoms. The number of methoxy groups -OCH3 is 1. The second-order valence-electron chi connectivity index (χ2n) is 8.39. The highest BCUT2D eigenvalue weighted by Crippen LogP contribution is 2.29. The maximum Gasteiger partial charge on any atom is 0.240 e. The Morgan fingerprint density at radius 1 is 1.21 bits per heavy atom. The summed E-state index contributed by atoms with van der Waals surface area (Å²) in [5, 5.41) is 6.04. The molecule has 1 saturated heterocycles. The average molecular weight is 403 g/mol. The maximum absolute atomic E-state index is 12.4. The Bertz CT molecular complexity index is 720. The summed E-state index contributed by atoms with van der Waals surface area (Å²) in [6.07, 6.45) is 5.74. The van der Waals surface area contributed by atoms with Crippen LogP contribution >= 0.6 is 0 Å². The van der Waals surface area contributed by atoms with Crippen LogP contribution in [0, 0.1) is 0 Å². The average Bonchev–Trinajstić information content (AvgIpc) is 3.04. The van der Waals surface area contributed by atoms with Crippen molar-refractivity contribution >= 4 is 11.8 Å². The molecule has 0 unspecified atom stereocenters. The molecule has 0 spiro atoms. The third-order valence-electron chi connectivity index (χ3n) is 6.51. The van der Waals surface area contributed by atoms with Crippen LogP contribution in [-0.4, -0.2) is 61.6 Å². The van der Waals surface area contributed by atoms with Gasteiger partial charge in [0, 0.05) is 31.6 Å². The molecule has 3 rings (SSSR count). The smallest absolute Gasteiger partial charge is 0.240 e. The van der Waals surface area contributed by atoms with Crippen LogP contribution in [-0.2, 0) is 16.0 Å². The summed E-state index contributed by atoms with van der Waals surface area (Å²) < 4.78 is 5.35. The van der Waals surface area contributed by atoms with Crippen LogP contribution in [0.1, 0.15) is 44.1 Å². The van der Waals surface area contributed by atoms with Gasteiger partial charge in [-0.1, -0.05) is 18.2 Å². The number of likely N-dealkylation sites (tertiary alicyclic amines) is 1. The van der Waals surface area contributed by atoms with E-state index in [2.05, 4.69) is 15.5 Å². The van der Waals surface area contributed by atoms with E-state index in [9.17, 15) is 9.59 Å². The predicted octanol–water partition coefficient (Wildman–Crippen LogP) is 1.20. The third-order valence-corrected chi connectivity index (χ3v) is 6.51. The number of nitrogens with two attached hydrogens (primary N) is 1. The fourth-order valence-corrected chi connectivity index (χ4v) is 4.29. The van der Waals surface area contributed by atoms with Crippen molar-refractivity contribution < 1.29 is 14.3 Å². The number of amides is 2. The van der Waals surface area contributed by atoms with Gasteiger partial charge in [-0.2, -0.15) is 0 Å². The summed E-state index contributed by atoms with van der Waals surface area (Å²) in [7, 11) is 3.70. The lowest BCUT2D eigenvalue weighted by atomic mass is 9.77. The van der Waals surface area contributed by atoms with E-state index in [1.54, 1.807) is 7.11 Å². The highest BCUT2D eigenvalue weighted by atomic mass is 16.5. The van der Waals surface area contributed by atoms with E-state index in [4.69, 9.17) is 10.5 Å². The van der Waals surface area contributed by atoms with Gasteiger partial charge in [-0.25, -0.2) is 0 Å². The van der Waals surface area contributed by atoms with Crippen molar-refractivity contribution in [2.75, 3.05) is 27.2 Å². The SMILES string of the molecule is COc1ccccc1CCNC(=O)C[C@H]1CC[C@@H](CNC(=O)C2(N)CCC2)N1C. The molecule has 160 valence electrons. The Morgan fingerprint density at radius 3 is 2.62 bits per heavy atom. The molecule has 1 heterocycles. The first-order valence-corrected chi connectivity index (χ1v) is 10.6. The van der Waals surface area contributed by atoms with Gasteiger partial charge in [0.25, 0.3) is 0 Å². The molecular weight excluding hydrogens is 368 g/mol. The first-order chi connectivity index (χ1) is 13.9. The standard InChI is InChI=1S/C22H34N4O3/c1-26-17(8-9-18(26)15-25-21(28)22(23)11-5-12-22)14-20(27)24-13-10-16-6-3-4-7-19(16)29-2/h3-4,6-7,17-18H,5,8-15,23H2,1-2H3,(H,24,27)(H,25,28)/t17-,18+/m1/s1. The number of nitrogens with one attached hydrogen (secondary N) is 2. The summed E-state index contributed by atoms with van der Waals surface area (Å²) >= 11 is 0. The molecule has 2 aliphatic rings. The van der Waals surface area contributed by atoms with Gasteiger partial charge in [0.1, 0.15) is 5.75 Å². The number of hydrogen-bond donors (Lipinski definition) is 3. The van der Waals surface area contributed by atoms with Gasteiger partial charge in [-0.15, -0.1) is 0 Å². The predicted molar refractivity (Wildman–Crippen MR) is 113 cm³/mol. The zero-order valence-electron chi connectivity index (χ0n) is 17.6. The molecule has 7 nitrogen and oxygen atoms in total. The van der Waals surface area contributed by atoms with E-state index in [1.807, 2.05) is 31.3 Å². The molecule has 0 aromatic heterocycles. The number of nitrogens with zero attached hydrogens (tertiary/aromatic N) is 1. The van der Waals surface area contributed by atoms with Crippen LogP contribution in [0.3, 0.4) is 0 Å². The summed E-state index contributed by atoms with van der Waals surface area (Å²) in [4.78, 5) is 26.8. The maximum atomic E-state index is 12.4. The number of para-hydroxylation sites is 1. The molecule has 1 aromatic carbocycles. The molecule has 1 saturated carbocycles. The summed E-state index contributed by atoms with van der Waals surface area (Å²) in [5.74, 6) is 0.884. The Morgan fingerprint density at radius 2 is 1.93 bits per heavy atom. The van der Waals surface area contributed by atoms with Crippen molar-refractivity contribution in [3.8, 4) is 5.75 Å². The van der Waals surface area contributed by atoms with Crippen molar-refractivity contribution in [2.45, 2.75) is 62.6 Å². The normalized spacial score (nSPS) is 23.3. The largest absolute Gasteiger partial charge is 0.496 e. The Hall–Kier alpha value is -2.12. The van der Waals surface area contributed by atoms with Crippen LogP contribution in [0.25, 0.3) is 0 Å². The lowest BCUT2D eigenvalue weighted by Gasteiger charge is -2.37. The fraction of sp³-hybridized carbons (Fsp3) is 0.636. The summed E-state index contributed by atoms with van der Waals surface area (Å²) in [6.45, 7) is 1.19. The molecule has 0 radical (unpaired) electrons. The molecular formula is C22H34N4O3. The fourth-order valence-electron chi connectivity index (χ4n) is 4.29. The first-order valence-electron chi connectivity index (χ1n) is 10.6. The van der Waals surface area contributed by atoms with E-state index < -0.39 is 5.54 Å². The van der Waals surface area contributed by atoms with Gasteiger partial charge < -0.3 is 21.1 Å². The highest BCUT2D eigenvalue weighted by molar-refractivity contribution is 5.87. The molecule has 4 N–H and O–H groups in total. The van der Waals surface area contributed by atoms with Gasteiger partial charge in [-0.05, 0) is 57.2 Å². The zero-order valence-corrected chi connectivity index (χ0v) is 17.6. The lowest BCUT2D eigenvalue weighted by molar-refractivity contribution is -0.129. The highest BCUT2D eigenvalue weighted by Gasteiger charge is 2.40. The molecule has 1 aliphatic carbocycles. The van der Waals surface area contributed by atoms with E-state index in [-0.39, 0.29) is 23.9 Å². The number of ether oxygens (including phenoxy) is 1. The van der Waals surface area contributed by atoms with Crippen molar-refractivity contribution in [1.82, 2.24) is 15.5 Å². The second kappa shape index (κ2) is 9.59. The van der Waals surface area contributed by atoms with Gasteiger partial charge in [-0.3, -0.25) is 14.5 Å². The summed E-state index contributed by atoms with van der Waals surface area (Å²) in [6, 6.07) is 8.33. The number of benzene rings is 1. The number of likely N-dealkylation sites (N-methyl/N-ethyl adjacent to an activating group) is 1. The molecule has 1 aliphatic heterocycles. The van der Waals surface area contributed by atoms with Crippen LogP contribution in [0.2, 0.25) is 0 Å². The van der Waals surface area contributed by atoms with Crippen molar-refractivity contribution in [2.24, 2.45) is 5.73 Å². The van der Waals surface area contributed by atoms with Gasteiger partial charge in [0.15, 0.2) is 0 Å². The molecule has 2 amide bonds. The van der Waals surface area contributed by atoms with E-state index in [1.165, 1.54) is 0 Å². The van der Waals surface area contributed by atoms with Crippen LogP contribution in [0.4, 0.5) is 0 Å². The van der Waals surface area contributed by atoms with E-state index in [0.29, 0.717) is 19.5 Å². The van der Waals surface area contributed by atoms with Crippen LogP contribution in [0.5, 0.6) is 5.75 Å². The number of hydrogen-bond acceptors (Lipinski definition) is 5. The molecule has 1 aromatic rings.